The van der Waals surface area contributed by atoms with Crippen LogP contribution in [0.3, 0.4) is 0 Å². The summed E-state index contributed by atoms with van der Waals surface area (Å²) < 4.78 is 0. The van der Waals surface area contributed by atoms with E-state index in [9.17, 15) is 0 Å². The van der Waals surface area contributed by atoms with Crippen molar-refractivity contribution in [3.8, 4) is 33.4 Å². The molecule has 8 aromatic rings. The van der Waals surface area contributed by atoms with Gasteiger partial charge in [-0.2, -0.15) is 0 Å². The molecule has 0 unspecified atom stereocenters. The fourth-order valence-electron chi connectivity index (χ4n) is 9.07. The maximum atomic E-state index is 5.41. The minimum atomic E-state index is -2.70. The number of benzene rings is 7. The van der Waals surface area contributed by atoms with Gasteiger partial charge in [-0.3, -0.25) is 4.98 Å². The summed E-state index contributed by atoms with van der Waals surface area (Å²) in [5.74, 6) is 0. The summed E-state index contributed by atoms with van der Waals surface area (Å²) in [6, 6.07) is 71.7. The highest BCUT2D eigenvalue weighted by molar-refractivity contribution is 7.19. The molecule has 7 aromatic carbocycles. The van der Waals surface area contributed by atoms with Crippen LogP contribution in [0.4, 0.5) is 0 Å². The quantitative estimate of drug-likeness (QED) is 0.134. The third kappa shape index (κ3) is 3.91. The summed E-state index contributed by atoms with van der Waals surface area (Å²) in [6.45, 7) is 0. The monoisotopic (exact) mass is 651 g/mol. The molecule has 10 rings (SSSR count). The molecule has 0 N–H and O–H groups in total. The minimum Gasteiger partial charge on any atom is -0.264 e. The van der Waals surface area contributed by atoms with Crippen LogP contribution >= 0.6 is 0 Å². The third-order valence-corrected chi connectivity index (χ3v) is 15.8. The van der Waals surface area contributed by atoms with Crippen molar-refractivity contribution in [2.75, 3.05) is 0 Å². The van der Waals surface area contributed by atoms with Crippen LogP contribution in [0.1, 0.15) is 22.3 Å². The van der Waals surface area contributed by atoms with E-state index >= 15 is 0 Å². The van der Waals surface area contributed by atoms with E-state index in [1.54, 1.807) is 0 Å². The minimum absolute atomic E-state index is 0.363. The van der Waals surface area contributed by atoms with Gasteiger partial charge in [0.05, 0.1) is 5.41 Å². The van der Waals surface area contributed by atoms with Gasteiger partial charge in [-0.05, 0) is 83.3 Å². The number of nitrogens with zero attached hydrogens (tertiary/aromatic N) is 1. The zero-order valence-corrected chi connectivity index (χ0v) is 28.5. The molecule has 0 bridgehead atoms. The van der Waals surface area contributed by atoms with E-state index in [4.69, 9.17) is 4.98 Å². The van der Waals surface area contributed by atoms with Crippen molar-refractivity contribution in [3.63, 3.8) is 0 Å². The van der Waals surface area contributed by atoms with E-state index < -0.39 is 8.07 Å². The average Bonchev–Trinajstić information content (AvgIpc) is 3.67. The van der Waals surface area contributed by atoms with Crippen molar-refractivity contribution in [1.29, 1.82) is 0 Å². The first-order chi connectivity index (χ1) is 24.8. The van der Waals surface area contributed by atoms with Crippen molar-refractivity contribution >= 4 is 29.0 Å². The smallest absolute Gasteiger partial charge is 0.201 e. The standard InChI is InChI=1S/C48H33NSi/c1-4-16-36(17-5-1)50(37-18-6-2-7-19-37,38-20-8-3-9-21-38)47-31-29-35(33-49-47)34-28-30-42-41-24-12-15-27-45(41)48(46(42)32-34)43-25-13-10-22-39(43)40-23-11-14-26-44(40)48/h1-33H. The summed E-state index contributed by atoms with van der Waals surface area (Å²) in [5, 5.41) is 5.11. The molecule has 1 nitrogen and oxygen atoms in total. The van der Waals surface area contributed by atoms with Crippen molar-refractivity contribution in [1.82, 2.24) is 4.98 Å². The third-order valence-electron chi connectivity index (χ3n) is 11.1. The topological polar surface area (TPSA) is 12.9 Å². The lowest BCUT2D eigenvalue weighted by Gasteiger charge is -2.33. The Labute approximate surface area is 294 Å². The van der Waals surface area contributed by atoms with Gasteiger partial charge in [0.2, 0.25) is 8.07 Å². The van der Waals surface area contributed by atoms with Gasteiger partial charge < -0.3 is 0 Å². The van der Waals surface area contributed by atoms with Crippen LogP contribution in [0.2, 0.25) is 0 Å². The molecule has 0 aliphatic heterocycles. The Bertz CT molecular complexity index is 2360. The van der Waals surface area contributed by atoms with E-state index in [1.807, 2.05) is 0 Å². The maximum absolute atomic E-state index is 5.41. The predicted molar refractivity (Wildman–Crippen MR) is 210 cm³/mol. The van der Waals surface area contributed by atoms with Gasteiger partial charge in [0, 0.05) is 11.5 Å². The molecule has 0 amide bonds. The molecular weight excluding hydrogens is 619 g/mol. The molecule has 0 saturated carbocycles. The number of rotatable bonds is 5. The van der Waals surface area contributed by atoms with Gasteiger partial charge in [0.15, 0.2) is 0 Å². The molecule has 50 heavy (non-hydrogen) atoms. The fourth-order valence-corrected chi connectivity index (χ4v) is 13.6. The summed E-state index contributed by atoms with van der Waals surface area (Å²) in [5.41, 5.74) is 12.7. The Morgan fingerprint density at radius 3 is 1.18 bits per heavy atom. The largest absolute Gasteiger partial charge is 0.264 e. The van der Waals surface area contributed by atoms with Crippen molar-refractivity contribution in [3.05, 3.63) is 223 Å². The van der Waals surface area contributed by atoms with Crippen LogP contribution in [0.5, 0.6) is 0 Å². The van der Waals surface area contributed by atoms with Crippen LogP contribution in [-0.2, 0) is 5.41 Å². The number of aromatic nitrogens is 1. The second-order valence-electron chi connectivity index (χ2n) is 13.4. The van der Waals surface area contributed by atoms with E-state index in [0.717, 1.165) is 10.9 Å². The second kappa shape index (κ2) is 11.2. The normalized spacial score (nSPS) is 13.4. The lowest BCUT2D eigenvalue weighted by molar-refractivity contribution is 0.794. The molecule has 2 aliphatic carbocycles. The van der Waals surface area contributed by atoms with Crippen molar-refractivity contribution < 1.29 is 0 Å². The summed E-state index contributed by atoms with van der Waals surface area (Å²) >= 11 is 0. The highest BCUT2D eigenvalue weighted by atomic mass is 28.3. The highest BCUT2D eigenvalue weighted by Crippen LogP contribution is 2.62. The Hall–Kier alpha value is -6.09. The van der Waals surface area contributed by atoms with Crippen LogP contribution in [-0.4, -0.2) is 13.1 Å². The van der Waals surface area contributed by atoms with E-state index in [2.05, 4.69) is 200 Å². The van der Waals surface area contributed by atoms with Gasteiger partial charge in [0.25, 0.3) is 0 Å². The SMILES string of the molecule is c1ccc([Si](c2ccccc2)(c2ccccc2)c2ccc(-c3ccc4c(c3)C3(c5ccccc5-c5ccccc53)c3ccccc3-4)cn2)cc1. The second-order valence-corrected chi connectivity index (χ2v) is 17.2. The van der Waals surface area contributed by atoms with Crippen LogP contribution in [0, 0.1) is 0 Å². The van der Waals surface area contributed by atoms with Gasteiger partial charge >= 0.3 is 0 Å². The Morgan fingerprint density at radius 2 is 0.740 bits per heavy atom. The summed E-state index contributed by atoms with van der Waals surface area (Å²) in [7, 11) is -2.70. The number of pyridine rings is 1. The molecule has 1 spiro atoms. The molecule has 2 aliphatic rings. The molecule has 0 fully saturated rings. The van der Waals surface area contributed by atoms with Crippen LogP contribution < -0.4 is 20.9 Å². The summed E-state index contributed by atoms with van der Waals surface area (Å²) in [4.78, 5) is 5.41. The zero-order chi connectivity index (χ0) is 33.1. The lowest BCUT2D eigenvalue weighted by Crippen LogP contribution is -2.75. The number of hydrogen-bond acceptors (Lipinski definition) is 1. The molecular formula is C48H33NSi. The van der Waals surface area contributed by atoms with E-state index in [1.165, 1.54) is 65.6 Å². The van der Waals surface area contributed by atoms with E-state index in [-0.39, 0.29) is 5.41 Å². The molecule has 1 aromatic heterocycles. The fraction of sp³-hybridized carbons (Fsp3) is 0.0208. The molecule has 0 atom stereocenters. The molecule has 2 heteroatoms. The molecule has 234 valence electrons. The van der Waals surface area contributed by atoms with Gasteiger partial charge in [-0.1, -0.05) is 182 Å². The first-order valence-corrected chi connectivity index (χ1v) is 19.4. The van der Waals surface area contributed by atoms with Crippen molar-refractivity contribution in [2.45, 2.75) is 5.41 Å². The lowest BCUT2D eigenvalue weighted by atomic mass is 9.70. The maximum Gasteiger partial charge on any atom is 0.201 e. The highest BCUT2D eigenvalue weighted by Gasteiger charge is 2.51. The van der Waals surface area contributed by atoms with Crippen molar-refractivity contribution in [2.24, 2.45) is 0 Å². The predicted octanol–water partition coefficient (Wildman–Crippen LogP) is 8.47. The Kier molecular flexibility index (Phi) is 6.49. The van der Waals surface area contributed by atoms with E-state index in [0.29, 0.717) is 0 Å². The Morgan fingerprint density at radius 1 is 0.340 bits per heavy atom. The first-order valence-electron chi connectivity index (χ1n) is 17.4. The average molecular weight is 652 g/mol. The molecule has 0 radical (unpaired) electrons. The van der Waals surface area contributed by atoms with Crippen LogP contribution in [0.25, 0.3) is 33.4 Å². The first kappa shape index (κ1) is 28.9. The molecule has 0 saturated heterocycles. The van der Waals surface area contributed by atoms with Gasteiger partial charge in [-0.25, -0.2) is 0 Å². The number of hydrogen-bond donors (Lipinski definition) is 0. The Balaban J connectivity index is 1.17. The van der Waals surface area contributed by atoms with Gasteiger partial charge in [0.1, 0.15) is 0 Å². The summed E-state index contributed by atoms with van der Waals surface area (Å²) in [6.07, 6.45) is 2.11. The van der Waals surface area contributed by atoms with Crippen LogP contribution in [0.15, 0.2) is 200 Å². The zero-order valence-electron chi connectivity index (χ0n) is 27.5. The molecule has 1 heterocycles. The number of fused-ring (bicyclic) bond motifs is 10. The van der Waals surface area contributed by atoms with Gasteiger partial charge in [-0.15, -0.1) is 0 Å².